The van der Waals surface area contributed by atoms with E-state index in [1.807, 2.05) is 6.92 Å². The van der Waals surface area contributed by atoms with Crippen LogP contribution in [0.3, 0.4) is 0 Å². The third-order valence-electron chi connectivity index (χ3n) is 2.66. The Morgan fingerprint density at radius 3 is 2.28 bits per heavy atom. The third kappa shape index (κ3) is 3.82. The summed E-state index contributed by atoms with van der Waals surface area (Å²) in [5, 5.41) is 2.78. The molecule has 6 heteroatoms. The number of hydrogen-bond acceptors (Lipinski definition) is 4. The van der Waals surface area contributed by atoms with Crippen LogP contribution in [0.4, 0.5) is 0 Å². The summed E-state index contributed by atoms with van der Waals surface area (Å²) in [6.07, 6.45) is 1.88. The number of carbonyl (C=O) groups excluding carboxylic acids is 1. The van der Waals surface area contributed by atoms with E-state index in [1.165, 1.54) is 24.3 Å². The average molecular weight is 270 g/mol. The standard InChI is InChI=1S/C12H18N2O3S/c1-3-10(8-13)14-12(15)9-4-6-11(7-5-9)18(2,16)17/h4-7,10H,3,8,13H2,1-2H3,(H,14,15). The summed E-state index contributed by atoms with van der Waals surface area (Å²) >= 11 is 0. The number of rotatable bonds is 5. The van der Waals surface area contributed by atoms with E-state index in [4.69, 9.17) is 5.73 Å². The molecule has 18 heavy (non-hydrogen) atoms. The van der Waals surface area contributed by atoms with E-state index in [-0.39, 0.29) is 16.8 Å². The van der Waals surface area contributed by atoms with Gasteiger partial charge in [0.15, 0.2) is 9.84 Å². The fraction of sp³-hybridized carbons (Fsp3) is 0.417. The van der Waals surface area contributed by atoms with Crippen LogP contribution < -0.4 is 11.1 Å². The predicted octanol–water partition coefficient (Wildman–Crippen LogP) is 0.557. The summed E-state index contributed by atoms with van der Waals surface area (Å²) in [7, 11) is -3.23. The molecule has 0 heterocycles. The quantitative estimate of drug-likeness (QED) is 0.818. The Hall–Kier alpha value is -1.40. The minimum atomic E-state index is -3.23. The van der Waals surface area contributed by atoms with Gasteiger partial charge in [-0.15, -0.1) is 0 Å². The zero-order chi connectivity index (χ0) is 13.8. The van der Waals surface area contributed by atoms with Gasteiger partial charge in [-0.1, -0.05) is 6.92 Å². The van der Waals surface area contributed by atoms with Crippen LogP contribution in [-0.4, -0.2) is 33.2 Å². The lowest BCUT2D eigenvalue weighted by molar-refractivity contribution is 0.0937. The van der Waals surface area contributed by atoms with Crippen LogP contribution in [0, 0.1) is 0 Å². The zero-order valence-electron chi connectivity index (χ0n) is 10.5. The van der Waals surface area contributed by atoms with E-state index in [2.05, 4.69) is 5.32 Å². The largest absolute Gasteiger partial charge is 0.348 e. The van der Waals surface area contributed by atoms with Crippen molar-refractivity contribution in [3.8, 4) is 0 Å². The summed E-state index contributed by atoms with van der Waals surface area (Å²) in [6.45, 7) is 2.31. The normalized spacial score (nSPS) is 13.1. The molecule has 0 saturated heterocycles. The molecule has 0 radical (unpaired) electrons. The Bertz CT molecular complexity index is 505. The Labute approximate surface area is 107 Å². The Morgan fingerprint density at radius 2 is 1.89 bits per heavy atom. The predicted molar refractivity (Wildman–Crippen MR) is 70.2 cm³/mol. The van der Waals surface area contributed by atoms with Gasteiger partial charge in [0, 0.05) is 24.4 Å². The highest BCUT2D eigenvalue weighted by molar-refractivity contribution is 7.90. The number of amides is 1. The van der Waals surface area contributed by atoms with Gasteiger partial charge in [0.25, 0.3) is 5.91 Å². The third-order valence-corrected chi connectivity index (χ3v) is 3.79. The van der Waals surface area contributed by atoms with Crippen molar-refractivity contribution >= 4 is 15.7 Å². The van der Waals surface area contributed by atoms with Crippen LogP contribution >= 0.6 is 0 Å². The van der Waals surface area contributed by atoms with Gasteiger partial charge in [0.05, 0.1) is 4.90 Å². The van der Waals surface area contributed by atoms with E-state index in [9.17, 15) is 13.2 Å². The SMILES string of the molecule is CCC(CN)NC(=O)c1ccc(S(C)(=O)=O)cc1. The second-order valence-electron chi connectivity index (χ2n) is 4.11. The highest BCUT2D eigenvalue weighted by Crippen LogP contribution is 2.10. The number of nitrogens with two attached hydrogens (primary N) is 1. The van der Waals surface area contributed by atoms with E-state index in [0.29, 0.717) is 12.1 Å². The molecule has 1 aromatic rings. The second-order valence-corrected chi connectivity index (χ2v) is 6.13. The zero-order valence-corrected chi connectivity index (χ0v) is 11.3. The minimum Gasteiger partial charge on any atom is -0.348 e. The lowest BCUT2D eigenvalue weighted by Crippen LogP contribution is -2.39. The molecular weight excluding hydrogens is 252 g/mol. The molecule has 0 spiro atoms. The van der Waals surface area contributed by atoms with Crippen LogP contribution in [-0.2, 0) is 9.84 Å². The van der Waals surface area contributed by atoms with E-state index in [1.54, 1.807) is 0 Å². The first-order valence-electron chi connectivity index (χ1n) is 5.69. The van der Waals surface area contributed by atoms with Crippen molar-refractivity contribution < 1.29 is 13.2 Å². The highest BCUT2D eigenvalue weighted by atomic mass is 32.2. The molecule has 0 aliphatic heterocycles. The first-order chi connectivity index (χ1) is 8.38. The van der Waals surface area contributed by atoms with Crippen LogP contribution in [0.5, 0.6) is 0 Å². The van der Waals surface area contributed by atoms with Crippen molar-refractivity contribution in [2.24, 2.45) is 5.73 Å². The molecule has 1 rings (SSSR count). The van der Waals surface area contributed by atoms with Crippen molar-refractivity contribution in [2.75, 3.05) is 12.8 Å². The molecular formula is C12H18N2O3S. The molecule has 5 nitrogen and oxygen atoms in total. The van der Waals surface area contributed by atoms with Crippen LogP contribution in [0.2, 0.25) is 0 Å². The molecule has 0 fully saturated rings. The molecule has 0 saturated carbocycles. The molecule has 100 valence electrons. The number of sulfone groups is 1. The summed E-state index contributed by atoms with van der Waals surface area (Å²) in [5.74, 6) is -0.243. The van der Waals surface area contributed by atoms with Gasteiger partial charge in [-0.3, -0.25) is 4.79 Å². The Kier molecular flexibility index (Phi) is 4.86. The van der Waals surface area contributed by atoms with Crippen molar-refractivity contribution in [2.45, 2.75) is 24.3 Å². The molecule has 0 bridgehead atoms. The van der Waals surface area contributed by atoms with Crippen LogP contribution in [0.1, 0.15) is 23.7 Å². The highest BCUT2D eigenvalue weighted by Gasteiger charge is 2.12. The van der Waals surface area contributed by atoms with Gasteiger partial charge in [-0.2, -0.15) is 0 Å². The Morgan fingerprint density at radius 1 is 1.33 bits per heavy atom. The average Bonchev–Trinajstić information content (AvgIpc) is 2.34. The van der Waals surface area contributed by atoms with E-state index >= 15 is 0 Å². The summed E-state index contributed by atoms with van der Waals surface area (Å²) in [5.41, 5.74) is 5.92. The molecule has 1 unspecified atom stereocenters. The molecule has 1 atom stereocenters. The van der Waals surface area contributed by atoms with Crippen LogP contribution in [0.25, 0.3) is 0 Å². The van der Waals surface area contributed by atoms with Gasteiger partial charge >= 0.3 is 0 Å². The lowest BCUT2D eigenvalue weighted by atomic mass is 10.1. The first-order valence-corrected chi connectivity index (χ1v) is 7.58. The molecule has 0 aromatic heterocycles. The van der Waals surface area contributed by atoms with E-state index in [0.717, 1.165) is 12.7 Å². The fourth-order valence-electron chi connectivity index (χ4n) is 1.45. The van der Waals surface area contributed by atoms with E-state index < -0.39 is 9.84 Å². The topological polar surface area (TPSA) is 89.3 Å². The first kappa shape index (κ1) is 14.7. The number of benzene rings is 1. The fourth-order valence-corrected chi connectivity index (χ4v) is 2.08. The number of nitrogens with one attached hydrogen (secondary N) is 1. The number of carbonyl (C=O) groups is 1. The maximum absolute atomic E-state index is 11.8. The molecule has 0 aliphatic rings. The van der Waals surface area contributed by atoms with Crippen molar-refractivity contribution in [3.63, 3.8) is 0 Å². The lowest BCUT2D eigenvalue weighted by Gasteiger charge is -2.14. The summed E-state index contributed by atoms with van der Waals surface area (Å²) in [6, 6.07) is 5.78. The second kappa shape index (κ2) is 5.97. The maximum Gasteiger partial charge on any atom is 0.251 e. The molecule has 0 aliphatic carbocycles. The molecule has 1 amide bonds. The van der Waals surface area contributed by atoms with Gasteiger partial charge in [-0.05, 0) is 30.7 Å². The molecule has 1 aromatic carbocycles. The van der Waals surface area contributed by atoms with Gasteiger partial charge in [0.2, 0.25) is 0 Å². The minimum absolute atomic E-state index is 0.0629. The summed E-state index contributed by atoms with van der Waals surface area (Å²) < 4.78 is 22.5. The van der Waals surface area contributed by atoms with Crippen molar-refractivity contribution in [1.82, 2.24) is 5.32 Å². The Balaban J connectivity index is 2.83. The van der Waals surface area contributed by atoms with Crippen molar-refractivity contribution in [3.05, 3.63) is 29.8 Å². The van der Waals surface area contributed by atoms with Gasteiger partial charge < -0.3 is 11.1 Å². The maximum atomic E-state index is 11.8. The molecule has 3 N–H and O–H groups in total. The van der Waals surface area contributed by atoms with Crippen molar-refractivity contribution in [1.29, 1.82) is 0 Å². The monoisotopic (exact) mass is 270 g/mol. The van der Waals surface area contributed by atoms with Gasteiger partial charge in [0.1, 0.15) is 0 Å². The van der Waals surface area contributed by atoms with Gasteiger partial charge in [-0.25, -0.2) is 8.42 Å². The smallest absolute Gasteiger partial charge is 0.251 e. The summed E-state index contributed by atoms with van der Waals surface area (Å²) in [4.78, 5) is 12.0. The number of hydrogen-bond donors (Lipinski definition) is 2. The van der Waals surface area contributed by atoms with Crippen LogP contribution in [0.15, 0.2) is 29.2 Å².